The maximum Gasteiger partial charge on any atom is 0.219 e. The highest BCUT2D eigenvalue weighted by Gasteiger charge is 2.21. The Balaban J connectivity index is 0.00000364. The van der Waals surface area contributed by atoms with Crippen LogP contribution in [0.4, 0.5) is 0 Å². The van der Waals surface area contributed by atoms with Crippen molar-refractivity contribution in [2.75, 3.05) is 58.9 Å². The van der Waals surface area contributed by atoms with Gasteiger partial charge in [0.2, 0.25) is 5.91 Å². The molecule has 0 unspecified atom stereocenters. The lowest BCUT2D eigenvalue weighted by Gasteiger charge is -2.35. The molecule has 0 radical (unpaired) electrons. The van der Waals surface area contributed by atoms with Crippen molar-refractivity contribution in [1.82, 2.24) is 25.3 Å². The third kappa shape index (κ3) is 8.51. The molecule has 0 bridgehead atoms. The molecule has 8 heteroatoms. The van der Waals surface area contributed by atoms with E-state index in [-0.39, 0.29) is 29.9 Å². The summed E-state index contributed by atoms with van der Waals surface area (Å²) in [5.74, 6) is 1.13. The molecule has 1 amide bonds. The van der Waals surface area contributed by atoms with Crippen LogP contribution in [0.1, 0.15) is 40.5 Å². The number of likely N-dealkylation sites (tertiary alicyclic amines) is 1. The number of amides is 1. The number of piperazine rings is 1. The second-order valence-electron chi connectivity index (χ2n) is 7.66. The maximum absolute atomic E-state index is 11.4. The zero-order valence-electron chi connectivity index (χ0n) is 17.5. The van der Waals surface area contributed by atoms with Crippen LogP contribution in [0.3, 0.4) is 0 Å². The fourth-order valence-electron chi connectivity index (χ4n) is 3.66. The highest BCUT2D eigenvalue weighted by molar-refractivity contribution is 14.0. The largest absolute Gasteiger partial charge is 0.357 e. The van der Waals surface area contributed by atoms with Gasteiger partial charge in [0.1, 0.15) is 0 Å². The number of rotatable bonds is 6. The van der Waals surface area contributed by atoms with E-state index in [1.165, 1.54) is 12.8 Å². The Hall–Kier alpha value is -0.610. The minimum absolute atomic E-state index is 0. The first-order valence-corrected chi connectivity index (χ1v) is 10.3. The Morgan fingerprint density at radius 2 is 1.74 bits per heavy atom. The van der Waals surface area contributed by atoms with Crippen LogP contribution in [0.2, 0.25) is 0 Å². The quantitative estimate of drug-likeness (QED) is 0.330. The van der Waals surface area contributed by atoms with E-state index in [4.69, 9.17) is 4.99 Å². The predicted molar refractivity (Wildman–Crippen MR) is 123 cm³/mol. The second-order valence-corrected chi connectivity index (χ2v) is 7.66. The van der Waals surface area contributed by atoms with Crippen LogP contribution in [0.5, 0.6) is 0 Å². The van der Waals surface area contributed by atoms with Crippen LogP contribution in [-0.4, -0.2) is 97.6 Å². The van der Waals surface area contributed by atoms with E-state index in [0.717, 1.165) is 64.9 Å². The Kier molecular flexibility index (Phi) is 11.6. The Morgan fingerprint density at radius 3 is 2.26 bits per heavy atom. The molecule has 0 spiro atoms. The summed E-state index contributed by atoms with van der Waals surface area (Å²) in [6, 6.07) is 1.16. The van der Waals surface area contributed by atoms with E-state index in [9.17, 15) is 4.79 Å². The number of carbonyl (C=O) groups excluding carboxylic acids is 1. The number of hydrogen-bond acceptors (Lipinski definition) is 4. The van der Waals surface area contributed by atoms with Crippen molar-refractivity contribution in [2.45, 2.75) is 52.6 Å². The molecule has 2 aliphatic rings. The fourth-order valence-corrected chi connectivity index (χ4v) is 3.66. The highest BCUT2D eigenvalue weighted by atomic mass is 127. The van der Waals surface area contributed by atoms with Gasteiger partial charge in [0.15, 0.2) is 5.96 Å². The molecular formula is C19H39IN6O. The Labute approximate surface area is 182 Å². The van der Waals surface area contributed by atoms with Gasteiger partial charge in [-0.3, -0.25) is 14.7 Å². The van der Waals surface area contributed by atoms with Gasteiger partial charge in [-0.25, -0.2) is 0 Å². The first-order chi connectivity index (χ1) is 12.5. The lowest BCUT2D eigenvalue weighted by atomic mass is 10.0. The van der Waals surface area contributed by atoms with Gasteiger partial charge in [0.05, 0.1) is 6.54 Å². The predicted octanol–water partition coefficient (Wildman–Crippen LogP) is 1.20. The van der Waals surface area contributed by atoms with Crippen LogP contribution < -0.4 is 10.6 Å². The number of nitrogens with zero attached hydrogens (tertiary/aromatic N) is 4. The van der Waals surface area contributed by atoms with E-state index in [2.05, 4.69) is 41.2 Å². The normalized spacial score (nSPS) is 20.5. The van der Waals surface area contributed by atoms with Crippen molar-refractivity contribution < 1.29 is 4.79 Å². The standard InChI is InChI=1S/C19H38N6O.HI/c1-5-20-19(22-18-6-9-24(10-7-18)16(2)3)21-8-11-23-12-14-25(15-13-23)17(4)26;/h16,18H,5-15H2,1-4H3,(H2,20,21,22);1H. The van der Waals surface area contributed by atoms with Crippen molar-refractivity contribution in [3.63, 3.8) is 0 Å². The molecular weight excluding hydrogens is 455 g/mol. The molecule has 158 valence electrons. The zero-order chi connectivity index (χ0) is 18.9. The number of piperidine rings is 1. The molecule has 2 fully saturated rings. The van der Waals surface area contributed by atoms with E-state index in [0.29, 0.717) is 12.1 Å². The topological polar surface area (TPSA) is 63.2 Å². The molecule has 0 atom stereocenters. The summed E-state index contributed by atoms with van der Waals surface area (Å²) in [6.45, 7) is 16.8. The van der Waals surface area contributed by atoms with E-state index in [1.54, 1.807) is 6.92 Å². The summed E-state index contributed by atoms with van der Waals surface area (Å²) < 4.78 is 0. The summed E-state index contributed by atoms with van der Waals surface area (Å²) in [6.07, 6.45) is 2.35. The maximum atomic E-state index is 11.4. The van der Waals surface area contributed by atoms with Gasteiger partial charge in [0.25, 0.3) is 0 Å². The highest BCUT2D eigenvalue weighted by Crippen LogP contribution is 2.12. The summed E-state index contributed by atoms with van der Waals surface area (Å²) >= 11 is 0. The van der Waals surface area contributed by atoms with Gasteiger partial charge in [-0.15, -0.1) is 24.0 Å². The van der Waals surface area contributed by atoms with E-state index >= 15 is 0 Å². The molecule has 2 heterocycles. The number of carbonyl (C=O) groups is 1. The van der Waals surface area contributed by atoms with Crippen LogP contribution in [0.25, 0.3) is 0 Å². The van der Waals surface area contributed by atoms with Gasteiger partial charge in [0, 0.05) is 71.4 Å². The summed E-state index contributed by atoms with van der Waals surface area (Å²) in [5, 5.41) is 6.99. The molecule has 2 N–H and O–H groups in total. The first kappa shape index (κ1) is 24.4. The molecule has 27 heavy (non-hydrogen) atoms. The monoisotopic (exact) mass is 494 g/mol. The van der Waals surface area contributed by atoms with Gasteiger partial charge in [-0.05, 0) is 33.6 Å². The number of hydrogen-bond donors (Lipinski definition) is 2. The number of guanidine groups is 1. The SMILES string of the molecule is CCNC(=NCCN1CCN(C(C)=O)CC1)NC1CCN(C(C)C)CC1.I. The Bertz CT molecular complexity index is 457. The third-order valence-corrected chi connectivity index (χ3v) is 5.45. The van der Waals surface area contributed by atoms with Crippen molar-refractivity contribution in [2.24, 2.45) is 4.99 Å². The van der Waals surface area contributed by atoms with Gasteiger partial charge >= 0.3 is 0 Å². The number of nitrogens with one attached hydrogen (secondary N) is 2. The summed E-state index contributed by atoms with van der Waals surface area (Å²) in [4.78, 5) is 23.0. The lowest BCUT2D eigenvalue weighted by Crippen LogP contribution is -2.50. The molecule has 0 aliphatic carbocycles. The average Bonchev–Trinajstić information content (AvgIpc) is 2.62. The van der Waals surface area contributed by atoms with Crippen LogP contribution in [0, 0.1) is 0 Å². The number of aliphatic imine (C=N–C) groups is 1. The number of halogens is 1. The third-order valence-electron chi connectivity index (χ3n) is 5.45. The van der Waals surface area contributed by atoms with Crippen LogP contribution in [-0.2, 0) is 4.79 Å². The van der Waals surface area contributed by atoms with Crippen molar-refractivity contribution in [3.8, 4) is 0 Å². The van der Waals surface area contributed by atoms with E-state index < -0.39 is 0 Å². The van der Waals surface area contributed by atoms with Gasteiger partial charge in [-0.2, -0.15) is 0 Å². The molecule has 0 saturated carbocycles. The zero-order valence-corrected chi connectivity index (χ0v) is 19.9. The molecule has 2 aliphatic heterocycles. The Morgan fingerprint density at radius 1 is 1.11 bits per heavy atom. The van der Waals surface area contributed by atoms with Crippen LogP contribution >= 0.6 is 24.0 Å². The molecule has 7 nitrogen and oxygen atoms in total. The molecule has 0 aromatic carbocycles. The van der Waals surface area contributed by atoms with Crippen molar-refractivity contribution >= 4 is 35.8 Å². The molecule has 0 aromatic heterocycles. The minimum atomic E-state index is 0. The fraction of sp³-hybridized carbons (Fsp3) is 0.895. The first-order valence-electron chi connectivity index (χ1n) is 10.3. The van der Waals surface area contributed by atoms with Crippen molar-refractivity contribution in [3.05, 3.63) is 0 Å². The summed E-state index contributed by atoms with van der Waals surface area (Å²) in [7, 11) is 0. The van der Waals surface area contributed by atoms with Crippen LogP contribution in [0.15, 0.2) is 4.99 Å². The lowest BCUT2D eigenvalue weighted by molar-refractivity contribution is -0.130. The van der Waals surface area contributed by atoms with Crippen molar-refractivity contribution in [1.29, 1.82) is 0 Å². The second kappa shape index (κ2) is 12.8. The molecule has 2 rings (SSSR count). The van der Waals surface area contributed by atoms with E-state index in [1.807, 2.05) is 4.90 Å². The molecule has 2 saturated heterocycles. The van der Waals surface area contributed by atoms with Gasteiger partial charge in [-0.1, -0.05) is 0 Å². The smallest absolute Gasteiger partial charge is 0.219 e. The average molecular weight is 494 g/mol. The van der Waals surface area contributed by atoms with Gasteiger partial charge < -0.3 is 20.4 Å². The minimum Gasteiger partial charge on any atom is -0.357 e. The molecule has 0 aromatic rings. The summed E-state index contributed by atoms with van der Waals surface area (Å²) in [5.41, 5.74) is 0.